The minimum Gasteiger partial charge on any atom is -0.457 e. The average Bonchev–Trinajstić information content (AvgIpc) is 3.33. The van der Waals surface area contributed by atoms with Gasteiger partial charge in [0.15, 0.2) is 12.4 Å². The minimum atomic E-state index is -0.446. The lowest BCUT2D eigenvalue weighted by Gasteiger charge is -2.25. The monoisotopic (exact) mass is 653 g/mol. The van der Waals surface area contributed by atoms with Gasteiger partial charge >= 0.3 is 5.97 Å². The predicted molar refractivity (Wildman–Crippen MR) is 196 cm³/mol. The summed E-state index contributed by atoms with van der Waals surface area (Å²) in [4.78, 5) is 16.9. The van der Waals surface area contributed by atoms with E-state index in [0.29, 0.717) is 6.61 Å². The van der Waals surface area contributed by atoms with Crippen LogP contribution in [0.15, 0.2) is 0 Å². The van der Waals surface area contributed by atoms with E-state index in [1.165, 1.54) is 161 Å². The van der Waals surface area contributed by atoms with Crippen LogP contribution in [0.1, 0.15) is 182 Å². The van der Waals surface area contributed by atoms with Gasteiger partial charge in [-0.05, 0) is 65.3 Å². The molecule has 0 amide bonds. The third-order valence-electron chi connectivity index (χ3n) is 10.0. The predicted octanol–water partition coefficient (Wildman–Crippen LogP) is 10.6. The van der Waals surface area contributed by atoms with E-state index in [-0.39, 0.29) is 24.1 Å². The van der Waals surface area contributed by atoms with Crippen molar-refractivity contribution in [2.45, 2.75) is 201 Å². The van der Waals surface area contributed by atoms with Crippen molar-refractivity contribution in [1.82, 2.24) is 9.80 Å². The lowest BCUT2D eigenvalue weighted by molar-refractivity contribution is -0.186. The highest BCUT2D eigenvalue weighted by molar-refractivity contribution is 5.66. The van der Waals surface area contributed by atoms with Crippen LogP contribution in [0.3, 0.4) is 0 Å². The van der Waals surface area contributed by atoms with Crippen LogP contribution in [0.4, 0.5) is 0 Å². The molecule has 1 saturated heterocycles. The molecule has 0 saturated carbocycles. The molecule has 0 bridgehead atoms. The molecule has 0 aliphatic carbocycles. The van der Waals surface area contributed by atoms with E-state index in [1.54, 1.807) is 0 Å². The van der Waals surface area contributed by atoms with Gasteiger partial charge in [-0.2, -0.15) is 0 Å². The molecule has 1 aliphatic heterocycles. The van der Waals surface area contributed by atoms with Crippen molar-refractivity contribution in [3.63, 3.8) is 0 Å². The molecule has 274 valence electrons. The fourth-order valence-electron chi connectivity index (χ4n) is 6.98. The first-order chi connectivity index (χ1) is 22.4. The zero-order valence-corrected chi connectivity index (χ0v) is 31.8. The van der Waals surface area contributed by atoms with Gasteiger partial charge in [-0.25, -0.2) is 0 Å². The molecule has 4 atom stereocenters. The first kappa shape index (κ1) is 43.3. The second kappa shape index (κ2) is 30.4. The van der Waals surface area contributed by atoms with Crippen LogP contribution in [0.2, 0.25) is 0 Å². The number of unbranched alkanes of at least 4 members (excludes halogenated alkanes) is 18. The molecule has 4 unspecified atom stereocenters. The second-order valence-electron chi connectivity index (χ2n) is 14.5. The van der Waals surface area contributed by atoms with Gasteiger partial charge in [0.2, 0.25) is 0 Å². The molecule has 0 aromatic heterocycles. The Kier molecular flexibility index (Phi) is 28.6. The van der Waals surface area contributed by atoms with Crippen LogP contribution in [0.25, 0.3) is 0 Å². The standard InChI is InChI=1S/C40H80N2O4/c1-7-10-12-14-16-18-20-22-24-26-30-41(6)31-28-33-42(32-27-25-23-21-19-17-15-13-11-8-2)34-29-35-44-40-39(45-37(5)43)36(4)38(9-3)46-40/h36,38-40H,7-35H2,1-6H3. The summed E-state index contributed by atoms with van der Waals surface area (Å²) in [5.74, 6) is -0.101. The molecule has 1 rings (SSSR count). The number of hydrogen-bond acceptors (Lipinski definition) is 6. The summed E-state index contributed by atoms with van der Waals surface area (Å²) in [5, 5.41) is 0. The third-order valence-corrected chi connectivity index (χ3v) is 10.0. The smallest absolute Gasteiger partial charge is 0.303 e. The van der Waals surface area contributed by atoms with E-state index < -0.39 is 6.29 Å². The van der Waals surface area contributed by atoms with Gasteiger partial charge in [-0.3, -0.25) is 4.79 Å². The van der Waals surface area contributed by atoms with E-state index >= 15 is 0 Å². The first-order valence-electron chi connectivity index (χ1n) is 20.3. The molecule has 46 heavy (non-hydrogen) atoms. The molecule has 0 N–H and O–H groups in total. The number of carbonyl (C=O) groups is 1. The Labute approximate surface area is 287 Å². The third kappa shape index (κ3) is 22.8. The van der Waals surface area contributed by atoms with Crippen LogP contribution >= 0.6 is 0 Å². The Morgan fingerprint density at radius 3 is 1.54 bits per heavy atom. The van der Waals surface area contributed by atoms with Gasteiger partial charge in [0.05, 0.1) is 12.7 Å². The van der Waals surface area contributed by atoms with Gasteiger partial charge in [0.25, 0.3) is 0 Å². The largest absolute Gasteiger partial charge is 0.457 e. The van der Waals surface area contributed by atoms with E-state index in [0.717, 1.165) is 25.9 Å². The van der Waals surface area contributed by atoms with Crippen LogP contribution in [0, 0.1) is 5.92 Å². The molecule has 1 fully saturated rings. The van der Waals surface area contributed by atoms with Gasteiger partial charge in [0, 0.05) is 19.4 Å². The summed E-state index contributed by atoms with van der Waals surface area (Å²) >= 11 is 0. The van der Waals surface area contributed by atoms with Crippen LogP contribution in [-0.4, -0.2) is 80.6 Å². The second-order valence-corrected chi connectivity index (χ2v) is 14.5. The lowest BCUT2D eigenvalue weighted by Crippen LogP contribution is -2.34. The van der Waals surface area contributed by atoms with Crippen molar-refractivity contribution in [3.05, 3.63) is 0 Å². The molecule has 0 spiro atoms. The summed E-state index contributed by atoms with van der Waals surface area (Å²) in [6, 6.07) is 0. The van der Waals surface area contributed by atoms with Gasteiger partial charge in [0.1, 0.15) is 0 Å². The normalized spacial score (nSPS) is 19.9. The topological polar surface area (TPSA) is 51.2 Å². The average molecular weight is 653 g/mol. The molecule has 0 radical (unpaired) electrons. The number of esters is 1. The highest BCUT2D eigenvalue weighted by Gasteiger charge is 2.43. The van der Waals surface area contributed by atoms with E-state index in [1.807, 2.05) is 0 Å². The van der Waals surface area contributed by atoms with E-state index in [4.69, 9.17) is 14.2 Å². The summed E-state index contributed by atoms with van der Waals surface area (Å²) in [7, 11) is 2.31. The summed E-state index contributed by atoms with van der Waals surface area (Å²) in [6.45, 7) is 16.7. The summed E-state index contributed by atoms with van der Waals surface area (Å²) < 4.78 is 17.9. The molecule has 6 nitrogen and oxygen atoms in total. The summed E-state index contributed by atoms with van der Waals surface area (Å²) in [5.41, 5.74) is 0. The Balaban J connectivity index is 2.34. The zero-order chi connectivity index (χ0) is 33.7. The minimum absolute atomic E-state index is 0.0829. The quantitative estimate of drug-likeness (QED) is 0.0519. The maximum atomic E-state index is 11.7. The number of ether oxygens (including phenoxy) is 3. The molecular weight excluding hydrogens is 572 g/mol. The fraction of sp³-hybridized carbons (Fsp3) is 0.975. The number of carbonyl (C=O) groups excluding carboxylic acids is 1. The summed E-state index contributed by atoms with van der Waals surface area (Å²) in [6.07, 6.45) is 30.2. The van der Waals surface area contributed by atoms with E-state index in [2.05, 4.69) is 44.5 Å². The molecule has 0 aromatic rings. The molecule has 1 aliphatic rings. The van der Waals surface area contributed by atoms with Crippen molar-refractivity contribution in [2.24, 2.45) is 5.92 Å². The SMILES string of the molecule is CCCCCCCCCCCCN(C)CCCN(CCCCCCCCCCCC)CCCOC1OC(CC)C(C)C1OC(C)=O. The van der Waals surface area contributed by atoms with Crippen molar-refractivity contribution in [1.29, 1.82) is 0 Å². The highest BCUT2D eigenvalue weighted by Crippen LogP contribution is 2.32. The van der Waals surface area contributed by atoms with E-state index in [9.17, 15) is 4.79 Å². The van der Waals surface area contributed by atoms with Crippen molar-refractivity contribution in [2.75, 3.05) is 46.4 Å². The molecular formula is C40H80N2O4. The van der Waals surface area contributed by atoms with Crippen LogP contribution in [-0.2, 0) is 19.0 Å². The number of rotatable bonds is 33. The van der Waals surface area contributed by atoms with Crippen LogP contribution < -0.4 is 0 Å². The fourth-order valence-corrected chi connectivity index (χ4v) is 6.98. The van der Waals surface area contributed by atoms with Gasteiger partial charge in [-0.1, -0.05) is 143 Å². The maximum absolute atomic E-state index is 11.7. The highest BCUT2D eigenvalue weighted by atomic mass is 16.7. The molecule has 6 heteroatoms. The van der Waals surface area contributed by atoms with Crippen molar-refractivity contribution >= 4 is 5.97 Å². The van der Waals surface area contributed by atoms with Crippen LogP contribution in [0.5, 0.6) is 0 Å². The zero-order valence-electron chi connectivity index (χ0n) is 31.8. The first-order valence-corrected chi connectivity index (χ1v) is 20.3. The number of nitrogens with zero attached hydrogens (tertiary/aromatic N) is 2. The maximum Gasteiger partial charge on any atom is 0.303 e. The van der Waals surface area contributed by atoms with Gasteiger partial charge in [-0.15, -0.1) is 0 Å². The molecule has 1 heterocycles. The number of hydrogen-bond donors (Lipinski definition) is 0. The van der Waals surface area contributed by atoms with Gasteiger partial charge < -0.3 is 24.0 Å². The Bertz CT molecular complexity index is 678. The Morgan fingerprint density at radius 1 is 0.609 bits per heavy atom. The van der Waals surface area contributed by atoms with Crippen molar-refractivity contribution < 1.29 is 19.0 Å². The molecule has 0 aromatic carbocycles. The van der Waals surface area contributed by atoms with Crippen molar-refractivity contribution in [3.8, 4) is 0 Å². The Hall–Kier alpha value is -0.690. The Morgan fingerprint density at radius 2 is 1.04 bits per heavy atom. The lowest BCUT2D eigenvalue weighted by atomic mass is 9.99.